The van der Waals surface area contributed by atoms with Crippen LogP contribution >= 0.6 is 0 Å². The maximum absolute atomic E-state index is 12.6. The van der Waals surface area contributed by atoms with E-state index < -0.39 is 5.97 Å². The van der Waals surface area contributed by atoms with Crippen molar-refractivity contribution in [2.45, 2.75) is 6.92 Å². The Morgan fingerprint density at radius 3 is 2.29 bits per heavy atom. The zero-order chi connectivity index (χ0) is 24.8. The van der Waals surface area contributed by atoms with Crippen molar-refractivity contribution in [1.82, 2.24) is 0 Å². The fourth-order valence-corrected chi connectivity index (χ4v) is 4.15. The third kappa shape index (κ3) is 5.48. The Kier molecular flexibility index (Phi) is 7.40. The van der Waals surface area contributed by atoms with Gasteiger partial charge in [0.1, 0.15) is 11.5 Å². The van der Waals surface area contributed by atoms with Crippen LogP contribution in [-0.2, 0) is 0 Å². The van der Waals surface area contributed by atoms with Gasteiger partial charge in [0.25, 0.3) is 5.91 Å². The van der Waals surface area contributed by atoms with Gasteiger partial charge in [-0.3, -0.25) is 4.79 Å². The van der Waals surface area contributed by atoms with Crippen molar-refractivity contribution in [2.24, 2.45) is 0 Å². The predicted molar refractivity (Wildman–Crippen MR) is 136 cm³/mol. The molecular formula is C27H29N3O5. The highest BCUT2D eigenvalue weighted by molar-refractivity contribution is 6.08. The summed E-state index contributed by atoms with van der Waals surface area (Å²) in [4.78, 5) is 29.1. The molecule has 0 unspecified atom stereocenters. The molecule has 1 aliphatic rings. The Balaban J connectivity index is 1.46. The number of carbonyl (C=O) groups excluding carboxylic acids is 1. The Labute approximate surface area is 204 Å². The van der Waals surface area contributed by atoms with E-state index in [1.165, 1.54) is 0 Å². The van der Waals surface area contributed by atoms with Crippen LogP contribution in [0.4, 0.5) is 17.1 Å². The lowest BCUT2D eigenvalue weighted by atomic mass is 10.1. The molecule has 1 amide bonds. The van der Waals surface area contributed by atoms with Crippen LogP contribution in [0.5, 0.6) is 11.5 Å². The highest BCUT2D eigenvalue weighted by Crippen LogP contribution is 2.30. The van der Waals surface area contributed by atoms with E-state index in [1.807, 2.05) is 31.2 Å². The Morgan fingerprint density at radius 1 is 0.943 bits per heavy atom. The number of para-hydroxylation sites is 2. The lowest BCUT2D eigenvalue weighted by Gasteiger charge is -2.38. The molecule has 8 nitrogen and oxygen atoms in total. The fraction of sp³-hybridized carbons (Fsp3) is 0.259. The van der Waals surface area contributed by atoms with Crippen molar-refractivity contribution in [3.05, 3.63) is 77.9 Å². The molecule has 0 radical (unpaired) electrons. The minimum atomic E-state index is -1.10. The van der Waals surface area contributed by atoms with E-state index in [-0.39, 0.29) is 17.2 Å². The number of ether oxygens (including phenoxy) is 2. The molecule has 182 valence electrons. The van der Waals surface area contributed by atoms with Crippen molar-refractivity contribution in [1.29, 1.82) is 0 Å². The van der Waals surface area contributed by atoms with Crippen LogP contribution in [0.2, 0.25) is 0 Å². The fourth-order valence-electron chi connectivity index (χ4n) is 4.15. The minimum Gasteiger partial charge on any atom is -0.497 e. The zero-order valence-electron chi connectivity index (χ0n) is 19.9. The van der Waals surface area contributed by atoms with Gasteiger partial charge in [0.05, 0.1) is 30.7 Å². The number of nitrogens with zero attached hydrogens (tertiary/aromatic N) is 2. The van der Waals surface area contributed by atoms with E-state index in [9.17, 15) is 14.7 Å². The van der Waals surface area contributed by atoms with Gasteiger partial charge < -0.3 is 29.7 Å². The number of rotatable bonds is 8. The molecular weight excluding hydrogens is 446 g/mol. The van der Waals surface area contributed by atoms with E-state index in [1.54, 1.807) is 43.5 Å². The smallest absolute Gasteiger partial charge is 0.337 e. The summed E-state index contributed by atoms with van der Waals surface area (Å²) in [6.07, 6.45) is 0. The average molecular weight is 476 g/mol. The summed E-state index contributed by atoms with van der Waals surface area (Å²) in [5.41, 5.74) is 2.59. The van der Waals surface area contributed by atoms with Gasteiger partial charge in [0, 0.05) is 37.4 Å². The molecule has 0 atom stereocenters. The molecule has 3 aromatic rings. The van der Waals surface area contributed by atoms with E-state index >= 15 is 0 Å². The summed E-state index contributed by atoms with van der Waals surface area (Å²) in [5.74, 6) is 0.0258. The molecule has 0 saturated carbocycles. The largest absolute Gasteiger partial charge is 0.497 e. The van der Waals surface area contributed by atoms with Crippen molar-refractivity contribution in [3.63, 3.8) is 0 Å². The van der Waals surface area contributed by atoms with Crippen LogP contribution < -0.4 is 24.6 Å². The Morgan fingerprint density at radius 2 is 1.63 bits per heavy atom. The first-order valence-electron chi connectivity index (χ1n) is 11.5. The standard InChI is InChI=1S/C27H29N3O5/c1-3-35-25-7-5-4-6-24(25)30-16-14-29(15-17-30)20-10-13-23(22(18-20)27(32)33)28-26(31)19-8-11-21(34-2)12-9-19/h4-13,18H,3,14-17H2,1-2H3,(H,28,31)(H,32,33). The van der Waals surface area contributed by atoms with Crippen molar-refractivity contribution >= 4 is 28.9 Å². The highest BCUT2D eigenvalue weighted by Gasteiger charge is 2.22. The van der Waals surface area contributed by atoms with Crippen molar-refractivity contribution in [3.8, 4) is 11.5 Å². The van der Waals surface area contributed by atoms with Gasteiger partial charge in [-0.15, -0.1) is 0 Å². The van der Waals surface area contributed by atoms with E-state index in [0.717, 1.165) is 43.3 Å². The van der Waals surface area contributed by atoms with Gasteiger partial charge in [-0.2, -0.15) is 0 Å². The van der Waals surface area contributed by atoms with Gasteiger partial charge in [-0.1, -0.05) is 12.1 Å². The number of amides is 1. The highest BCUT2D eigenvalue weighted by atomic mass is 16.5. The quantitative estimate of drug-likeness (QED) is 0.500. The molecule has 1 aliphatic heterocycles. The van der Waals surface area contributed by atoms with Crippen molar-refractivity contribution in [2.75, 3.05) is 55.0 Å². The number of carbonyl (C=O) groups is 2. The molecule has 35 heavy (non-hydrogen) atoms. The van der Waals surface area contributed by atoms with E-state index in [4.69, 9.17) is 9.47 Å². The SMILES string of the molecule is CCOc1ccccc1N1CCN(c2ccc(NC(=O)c3ccc(OC)cc3)c(C(=O)O)c2)CC1. The predicted octanol–water partition coefficient (Wildman–Crippen LogP) is 4.37. The van der Waals surface area contributed by atoms with Crippen LogP contribution in [0, 0.1) is 0 Å². The summed E-state index contributed by atoms with van der Waals surface area (Å²) in [6.45, 7) is 5.60. The Bertz CT molecular complexity index is 1190. The molecule has 0 spiro atoms. The summed E-state index contributed by atoms with van der Waals surface area (Å²) in [6, 6.07) is 19.7. The monoisotopic (exact) mass is 475 g/mol. The maximum Gasteiger partial charge on any atom is 0.337 e. The Hall–Kier alpha value is -4.20. The first kappa shape index (κ1) is 23.9. The average Bonchev–Trinajstić information content (AvgIpc) is 2.89. The van der Waals surface area contributed by atoms with E-state index in [2.05, 4.69) is 21.2 Å². The van der Waals surface area contributed by atoms with Crippen molar-refractivity contribution < 1.29 is 24.2 Å². The number of hydrogen-bond donors (Lipinski definition) is 2. The van der Waals surface area contributed by atoms with Crippen LogP contribution in [-0.4, -0.2) is 56.9 Å². The van der Waals surface area contributed by atoms with Crippen LogP contribution in [0.25, 0.3) is 0 Å². The molecule has 0 aromatic heterocycles. The normalized spacial score (nSPS) is 13.3. The number of hydrogen-bond acceptors (Lipinski definition) is 6. The number of methoxy groups -OCH3 is 1. The van der Waals surface area contributed by atoms with E-state index in [0.29, 0.717) is 17.9 Å². The third-order valence-corrected chi connectivity index (χ3v) is 5.98. The lowest BCUT2D eigenvalue weighted by Crippen LogP contribution is -2.46. The van der Waals surface area contributed by atoms with Crippen LogP contribution in [0.1, 0.15) is 27.6 Å². The second kappa shape index (κ2) is 10.8. The zero-order valence-corrected chi connectivity index (χ0v) is 19.9. The lowest BCUT2D eigenvalue weighted by molar-refractivity contribution is 0.0698. The summed E-state index contributed by atoms with van der Waals surface area (Å²) in [7, 11) is 1.55. The number of aromatic carboxylic acids is 1. The summed E-state index contributed by atoms with van der Waals surface area (Å²) in [5, 5.41) is 12.5. The molecule has 8 heteroatoms. The third-order valence-electron chi connectivity index (χ3n) is 5.98. The first-order chi connectivity index (χ1) is 17.0. The molecule has 1 saturated heterocycles. The van der Waals surface area contributed by atoms with Gasteiger partial charge in [-0.25, -0.2) is 4.79 Å². The number of carboxylic acid groups (broad SMARTS) is 1. The summed E-state index contributed by atoms with van der Waals surface area (Å²) >= 11 is 0. The number of piperazine rings is 1. The molecule has 0 aliphatic carbocycles. The molecule has 3 aromatic carbocycles. The minimum absolute atomic E-state index is 0.0495. The number of anilines is 3. The number of nitrogens with one attached hydrogen (secondary N) is 1. The van der Waals surface area contributed by atoms with Gasteiger partial charge >= 0.3 is 5.97 Å². The number of carboxylic acids is 1. The van der Waals surface area contributed by atoms with Gasteiger partial charge in [0.2, 0.25) is 0 Å². The first-order valence-corrected chi connectivity index (χ1v) is 11.5. The molecule has 4 rings (SSSR count). The topological polar surface area (TPSA) is 91.3 Å². The van der Waals surface area contributed by atoms with Gasteiger partial charge in [0.15, 0.2) is 0 Å². The second-order valence-corrected chi connectivity index (χ2v) is 8.09. The van der Waals surface area contributed by atoms with Crippen LogP contribution in [0.15, 0.2) is 66.7 Å². The molecule has 1 fully saturated rings. The molecule has 0 bridgehead atoms. The van der Waals surface area contributed by atoms with Gasteiger partial charge in [-0.05, 0) is 61.5 Å². The molecule has 2 N–H and O–H groups in total. The second-order valence-electron chi connectivity index (χ2n) is 8.09. The molecule has 1 heterocycles. The van der Waals surface area contributed by atoms with Crippen LogP contribution in [0.3, 0.4) is 0 Å². The summed E-state index contributed by atoms with van der Waals surface area (Å²) < 4.78 is 10.9. The maximum atomic E-state index is 12.6. The number of benzene rings is 3.